The average molecular weight is 235 g/mol. The van der Waals surface area contributed by atoms with Crippen LogP contribution in [0.15, 0.2) is 18.2 Å². The van der Waals surface area contributed by atoms with E-state index in [2.05, 4.69) is 11.0 Å². The van der Waals surface area contributed by atoms with Crippen molar-refractivity contribution in [2.75, 3.05) is 35.2 Å². The third-order valence-electron chi connectivity index (χ3n) is 2.70. The standard InChI is InChI=1S/C11H13N3OS/c12-8-9-7-10(1-2-11(9)13)14-3-5-16(15)6-4-14/h1-2,7H,3-6,13H2. The summed E-state index contributed by atoms with van der Waals surface area (Å²) in [5, 5.41) is 8.89. The van der Waals surface area contributed by atoms with Crippen LogP contribution < -0.4 is 10.6 Å². The molecule has 0 amide bonds. The maximum Gasteiger partial charge on any atom is 0.101 e. The summed E-state index contributed by atoms with van der Waals surface area (Å²) in [5.74, 6) is 1.40. The van der Waals surface area contributed by atoms with Gasteiger partial charge in [-0.15, -0.1) is 0 Å². The van der Waals surface area contributed by atoms with Gasteiger partial charge in [-0.05, 0) is 18.2 Å². The SMILES string of the molecule is N#Cc1cc(N2CCS(=O)CC2)ccc1N. The molecule has 5 heteroatoms. The lowest BCUT2D eigenvalue weighted by Crippen LogP contribution is -2.37. The highest BCUT2D eigenvalue weighted by atomic mass is 32.2. The molecule has 0 spiro atoms. The number of hydrogen-bond donors (Lipinski definition) is 1. The second-order valence-electron chi connectivity index (χ2n) is 3.72. The number of nitrogens with two attached hydrogens (primary N) is 1. The lowest BCUT2D eigenvalue weighted by Gasteiger charge is -2.28. The number of anilines is 2. The molecule has 0 aromatic heterocycles. The van der Waals surface area contributed by atoms with Crippen molar-refractivity contribution in [3.63, 3.8) is 0 Å². The van der Waals surface area contributed by atoms with Crippen LogP contribution in [-0.4, -0.2) is 28.8 Å². The predicted octanol–water partition coefficient (Wildman–Crippen LogP) is 0.709. The van der Waals surface area contributed by atoms with Gasteiger partial charge < -0.3 is 10.6 Å². The lowest BCUT2D eigenvalue weighted by molar-refractivity contribution is 0.673. The zero-order valence-electron chi connectivity index (χ0n) is 8.85. The molecule has 84 valence electrons. The van der Waals surface area contributed by atoms with E-state index in [9.17, 15) is 4.21 Å². The smallest absolute Gasteiger partial charge is 0.101 e. The molecule has 0 radical (unpaired) electrons. The van der Waals surface area contributed by atoms with Gasteiger partial charge >= 0.3 is 0 Å². The van der Waals surface area contributed by atoms with Crippen LogP contribution in [0.25, 0.3) is 0 Å². The molecule has 0 unspecified atom stereocenters. The van der Waals surface area contributed by atoms with Gasteiger partial charge in [0.1, 0.15) is 6.07 Å². The first-order valence-electron chi connectivity index (χ1n) is 5.10. The van der Waals surface area contributed by atoms with Crippen molar-refractivity contribution < 1.29 is 4.21 Å². The van der Waals surface area contributed by atoms with Gasteiger partial charge in [-0.3, -0.25) is 4.21 Å². The predicted molar refractivity (Wildman–Crippen MR) is 65.7 cm³/mol. The first-order chi connectivity index (χ1) is 7.70. The van der Waals surface area contributed by atoms with Crippen LogP contribution >= 0.6 is 0 Å². The Morgan fingerprint density at radius 3 is 2.69 bits per heavy atom. The van der Waals surface area contributed by atoms with Crippen LogP contribution in [-0.2, 0) is 10.8 Å². The van der Waals surface area contributed by atoms with Crippen LogP contribution in [0.2, 0.25) is 0 Å². The minimum Gasteiger partial charge on any atom is -0.398 e. The van der Waals surface area contributed by atoms with E-state index in [0.717, 1.165) is 18.8 Å². The molecular formula is C11H13N3OS. The molecule has 1 saturated heterocycles. The topological polar surface area (TPSA) is 70.1 Å². The summed E-state index contributed by atoms with van der Waals surface area (Å²) in [5.41, 5.74) is 7.66. The van der Waals surface area contributed by atoms with E-state index in [1.165, 1.54) is 0 Å². The number of nitrogens with zero attached hydrogens (tertiary/aromatic N) is 2. The Morgan fingerprint density at radius 1 is 1.38 bits per heavy atom. The number of rotatable bonds is 1. The molecule has 1 aliphatic rings. The Morgan fingerprint density at radius 2 is 2.06 bits per heavy atom. The first kappa shape index (κ1) is 11.0. The fourth-order valence-corrected chi connectivity index (χ4v) is 2.79. The molecule has 1 aromatic rings. The van der Waals surface area contributed by atoms with E-state index in [4.69, 9.17) is 11.0 Å². The van der Waals surface area contributed by atoms with Crippen molar-refractivity contribution in [2.45, 2.75) is 0 Å². The third-order valence-corrected chi connectivity index (χ3v) is 3.98. The lowest BCUT2D eigenvalue weighted by atomic mass is 10.1. The largest absolute Gasteiger partial charge is 0.398 e. The van der Waals surface area contributed by atoms with Gasteiger partial charge in [0, 0.05) is 46.8 Å². The Kier molecular flexibility index (Phi) is 3.11. The van der Waals surface area contributed by atoms with Gasteiger partial charge in [-0.1, -0.05) is 0 Å². The van der Waals surface area contributed by atoms with Gasteiger partial charge in [0.2, 0.25) is 0 Å². The normalized spacial score (nSPS) is 17.1. The summed E-state index contributed by atoms with van der Waals surface area (Å²) >= 11 is 0. The number of nitriles is 1. The van der Waals surface area contributed by atoms with Crippen LogP contribution in [0.5, 0.6) is 0 Å². The molecule has 0 bridgehead atoms. The third kappa shape index (κ3) is 2.17. The Balaban J connectivity index is 2.21. The number of nitrogen functional groups attached to an aromatic ring is 1. The molecule has 1 fully saturated rings. The summed E-state index contributed by atoms with van der Waals surface area (Å²) in [6.45, 7) is 1.56. The van der Waals surface area contributed by atoms with Crippen molar-refractivity contribution in [3.8, 4) is 6.07 Å². The zero-order valence-corrected chi connectivity index (χ0v) is 9.67. The molecule has 0 saturated carbocycles. The molecule has 1 aliphatic heterocycles. The highest BCUT2D eigenvalue weighted by Gasteiger charge is 2.16. The van der Waals surface area contributed by atoms with Crippen LogP contribution in [0.1, 0.15) is 5.56 Å². The Hall–Kier alpha value is -1.54. The molecule has 2 rings (SSSR count). The fraction of sp³-hybridized carbons (Fsp3) is 0.364. The summed E-state index contributed by atoms with van der Waals surface area (Å²) in [6, 6.07) is 7.52. The van der Waals surface area contributed by atoms with Gasteiger partial charge in [0.15, 0.2) is 0 Å². The molecule has 4 nitrogen and oxygen atoms in total. The highest BCUT2D eigenvalue weighted by molar-refractivity contribution is 7.85. The molecule has 1 aromatic carbocycles. The summed E-state index contributed by atoms with van der Waals surface area (Å²) in [4.78, 5) is 2.14. The molecule has 1 heterocycles. The maximum absolute atomic E-state index is 11.2. The second-order valence-corrected chi connectivity index (χ2v) is 5.41. The molecular weight excluding hydrogens is 222 g/mol. The zero-order chi connectivity index (χ0) is 11.5. The second kappa shape index (κ2) is 4.54. The van der Waals surface area contributed by atoms with Crippen molar-refractivity contribution in [3.05, 3.63) is 23.8 Å². The van der Waals surface area contributed by atoms with Crippen molar-refractivity contribution in [2.24, 2.45) is 0 Å². The maximum atomic E-state index is 11.2. The van der Waals surface area contributed by atoms with E-state index >= 15 is 0 Å². The van der Waals surface area contributed by atoms with Crippen molar-refractivity contribution in [1.29, 1.82) is 5.26 Å². The highest BCUT2D eigenvalue weighted by Crippen LogP contribution is 2.21. The Bertz CT molecular complexity index is 457. The summed E-state index contributed by atoms with van der Waals surface area (Å²) in [7, 11) is -0.678. The molecule has 2 N–H and O–H groups in total. The Labute approximate surface area is 97.1 Å². The summed E-state index contributed by atoms with van der Waals surface area (Å²) in [6.07, 6.45) is 0. The van der Waals surface area contributed by atoms with Crippen LogP contribution in [0.3, 0.4) is 0 Å². The monoisotopic (exact) mass is 235 g/mol. The fourth-order valence-electron chi connectivity index (χ4n) is 1.73. The number of hydrogen-bond acceptors (Lipinski definition) is 4. The quantitative estimate of drug-likeness (QED) is 0.728. The van der Waals surface area contributed by atoms with Gasteiger partial charge in [-0.2, -0.15) is 5.26 Å². The average Bonchev–Trinajstić information content (AvgIpc) is 2.31. The van der Waals surface area contributed by atoms with Crippen molar-refractivity contribution in [1.82, 2.24) is 0 Å². The molecule has 0 aliphatic carbocycles. The minimum absolute atomic E-state index is 0.504. The van der Waals surface area contributed by atoms with E-state index < -0.39 is 10.8 Å². The minimum atomic E-state index is -0.678. The van der Waals surface area contributed by atoms with Gasteiger partial charge in [0.05, 0.1) is 5.56 Å². The van der Waals surface area contributed by atoms with E-state index in [0.29, 0.717) is 22.8 Å². The summed E-state index contributed by atoms with van der Waals surface area (Å²) < 4.78 is 11.2. The first-order valence-corrected chi connectivity index (χ1v) is 6.59. The molecule has 16 heavy (non-hydrogen) atoms. The van der Waals surface area contributed by atoms with Crippen LogP contribution in [0.4, 0.5) is 11.4 Å². The van der Waals surface area contributed by atoms with Crippen LogP contribution in [0, 0.1) is 11.3 Å². The van der Waals surface area contributed by atoms with Gasteiger partial charge in [-0.25, -0.2) is 0 Å². The van der Waals surface area contributed by atoms with Gasteiger partial charge in [0.25, 0.3) is 0 Å². The van der Waals surface area contributed by atoms with E-state index in [1.807, 2.05) is 6.07 Å². The molecule has 0 atom stereocenters. The van der Waals surface area contributed by atoms with E-state index in [-0.39, 0.29) is 0 Å². The van der Waals surface area contributed by atoms with Crippen molar-refractivity contribution >= 4 is 22.2 Å². The van der Waals surface area contributed by atoms with E-state index in [1.54, 1.807) is 12.1 Å². The number of benzene rings is 1.